The maximum Gasteiger partial charge on any atom is 0.164 e. The van der Waals surface area contributed by atoms with Gasteiger partial charge in [-0.05, 0) is 73.5 Å². The van der Waals surface area contributed by atoms with E-state index in [0.29, 0.717) is 23.0 Å². The first-order valence-corrected chi connectivity index (χ1v) is 19.4. The SMILES string of the molecule is N#Cc1c#cc(-c2cc(-c3nc(-c4ccccc4)nc(-c4ccccc4)n3)ccc2-n2c3c(c4cc5c6ccccc6n(-c6ccccc6)c5cc42)C=CCC3)cc1. The van der Waals surface area contributed by atoms with Crippen molar-refractivity contribution >= 4 is 38.8 Å². The van der Waals surface area contributed by atoms with E-state index in [9.17, 15) is 5.26 Å². The number of hydrogen-bond acceptors (Lipinski definition) is 4. The molecule has 0 spiro atoms. The van der Waals surface area contributed by atoms with Crippen LogP contribution in [0.3, 0.4) is 0 Å². The average Bonchev–Trinajstić information content (AvgIpc) is 3.80. The molecule has 0 aliphatic heterocycles. The van der Waals surface area contributed by atoms with Crippen molar-refractivity contribution in [1.29, 1.82) is 5.26 Å². The Bertz CT molecular complexity index is 3200. The Balaban J connectivity index is 1.19. The highest BCUT2D eigenvalue weighted by molar-refractivity contribution is 6.15. The second-order valence-corrected chi connectivity index (χ2v) is 14.5. The van der Waals surface area contributed by atoms with Crippen molar-refractivity contribution in [3.63, 3.8) is 0 Å². The van der Waals surface area contributed by atoms with Gasteiger partial charge in [-0.2, -0.15) is 5.26 Å². The molecule has 0 unspecified atom stereocenters. The Hall–Kier alpha value is -8.06. The summed E-state index contributed by atoms with van der Waals surface area (Å²) in [4.78, 5) is 15.1. The minimum atomic E-state index is 0.434. The molecule has 1 aliphatic rings. The third-order valence-electron chi connectivity index (χ3n) is 11.1. The summed E-state index contributed by atoms with van der Waals surface area (Å²) in [6.45, 7) is 0. The highest BCUT2D eigenvalue weighted by Crippen LogP contribution is 2.42. The molecule has 0 amide bonds. The van der Waals surface area contributed by atoms with Crippen molar-refractivity contribution in [3.8, 4) is 62.7 Å². The largest absolute Gasteiger partial charge is 0.312 e. The predicted molar refractivity (Wildman–Crippen MR) is 232 cm³/mol. The fraction of sp³-hybridized carbons (Fsp3) is 0.0385. The Morgan fingerprint density at radius 2 is 1.19 bits per heavy atom. The van der Waals surface area contributed by atoms with Crippen LogP contribution in [0.4, 0.5) is 0 Å². The maximum absolute atomic E-state index is 9.69. The first-order valence-electron chi connectivity index (χ1n) is 19.4. The molecule has 6 nitrogen and oxygen atoms in total. The van der Waals surface area contributed by atoms with Crippen molar-refractivity contribution in [2.45, 2.75) is 12.8 Å². The Morgan fingerprint density at radius 3 is 1.88 bits per heavy atom. The van der Waals surface area contributed by atoms with E-state index in [0.717, 1.165) is 63.1 Å². The van der Waals surface area contributed by atoms with Gasteiger partial charge in [0.05, 0.1) is 22.2 Å². The lowest BCUT2D eigenvalue weighted by Crippen LogP contribution is -2.05. The van der Waals surface area contributed by atoms with Gasteiger partial charge < -0.3 is 9.13 Å². The van der Waals surface area contributed by atoms with Crippen LogP contribution in [-0.2, 0) is 6.42 Å². The average molecular weight is 741 g/mol. The standard InChI is InChI=1S/C52H32N6/c53-33-34-24-26-35(27-25-34)42-30-38(52-55-50(36-14-4-1-5-15-36)54-51(56-52)37-16-6-2-7-17-37)28-29-47(42)58-46-23-13-11-21-41(46)44-31-43-40-20-10-12-22-45(40)57(48(43)32-49(44)58)39-18-8-3-9-19-39/h1-12,14-22,24,26,28-32H,13,23H2. The molecule has 0 saturated heterocycles. The summed E-state index contributed by atoms with van der Waals surface area (Å²) in [5, 5.41) is 13.3. The fourth-order valence-corrected chi connectivity index (χ4v) is 8.44. The molecule has 6 heteroatoms. The lowest BCUT2D eigenvalue weighted by molar-refractivity contribution is 0.889. The van der Waals surface area contributed by atoms with E-state index < -0.39 is 0 Å². The molecular weight excluding hydrogens is 709 g/mol. The smallest absolute Gasteiger partial charge is 0.164 e. The van der Waals surface area contributed by atoms with E-state index in [1.807, 2.05) is 66.7 Å². The summed E-state index contributed by atoms with van der Waals surface area (Å²) in [7, 11) is 0. The zero-order valence-electron chi connectivity index (χ0n) is 31.3. The number of nitriles is 1. The molecule has 3 heterocycles. The van der Waals surface area contributed by atoms with Gasteiger partial charge in [0.2, 0.25) is 0 Å². The van der Waals surface area contributed by atoms with Gasteiger partial charge in [-0.15, -0.1) is 0 Å². The van der Waals surface area contributed by atoms with Crippen molar-refractivity contribution < 1.29 is 0 Å². The number of allylic oxidation sites excluding steroid dienone is 1. The number of fused-ring (bicyclic) bond motifs is 6. The van der Waals surface area contributed by atoms with E-state index >= 15 is 0 Å². The first-order chi connectivity index (χ1) is 28.7. The van der Waals surface area contributed by atoms with Crippen LogP contribution >= 0.6 is 0 Å². The van der Waals surface area contributed by atoms with Gasteiger partial charge >= 0.3 is 0 Å². The van der Waals surface area contributed by atoms with Gasteiger partial charge in [-0.3, -0.25) is 0 Å². The molecule has 0 radical (unpaired) electrons. The fourth-order valence-electron chi connectivity index (χ4n) is 8.44. The molecule has 270 valence electrons. The van der Waals surface area contributed by atoms with Crippen LogP contribution in [0.1, 0.15) is 23.2 Å². The van der Waals surface area contributed by atoms with Gasteiger partial charge in [0.1, 0.15) is 11.6 Å². The van der Waals surface area contributed by atoms with Crippen molar-refractivity contribution in [2.75, 3.05) is 0 Å². The Morgan fingerprint density at radius 1 is 0.534 bits per heavy atom. The van der Waals surface area contributed by atoms with Crippen LogP contribution in [0.25, 0.3) is 95.5 Å². The van der Waals surface area contributed by atoms with Crippen LogP contribution in [0.2, 0.25) is 0 Å². The van der Waals surface area contributed by atoms with Gasteiger partial charge in [0, 0.05) is 60.9 Å². The highest BCUT2D eigenvalue weighted by Gasteiger charge is 2.24. The van der Waals surface area contributed by atoms with Crippen LogP contribution in [-0.4, -0.2) is 24.1 Å². The van der Waals surface area contributed by atoms with E-state index in [1.165, 1.54) is 32.9 Å². The summed E-state index contributed by atoms with van der Waals surface area (Å²) in [6.07, 6.45) is 6.41. The zero-order chi connectivity index (χ0) is 38.6. The monoisotopic (exact) mass is 740 g/mol. The van der Waals surface area contributed by atoms with E-state index in [2.05, 4.69) is 124 Å². The quantitative estimate of drug-likeness (QED) is 0.170. The van der Waals surface area contributed by atoms with Crippen LogP contribution in [0.5, 0.6) is 0 Å². The molecular formula is C52H32N6. The van der Waals surface area contributed by atoms with Gasteiger partial charge in [0.15, 0.2) is 17.5 Å². The molecule has 3 aromatic heterocycles. The van der Waals surface area contributed by atoms with E-state index in [4.69, 9.17) is 15.0 Å². The maximum atomic E-state index is 9.69. The molecule has 10 aromatic rings. The molecule has 1 aliphatic carbocycles. The number of rotatable bonds is 6. The normalized spacial score (nSPS) is 12.1. The third kappa shape index (κ3) is 5.47. The van der Waals surface area contributed by atoms with Crippen molar-refractivity contribution in [1.82, 2.24) is 24.1 Å². The lowest BCUT2D eigenvalue weighted by Gasteiger charge is -2.18. The minimum absolute atomic E-state index is 0.434. The number of aromatic nitrogens is 5. The summed E-state index contributed by atoms with van der Waals surface area (Å²) >= 11 is 0. The zero-order valence-corrected chi connectivity index (χ0v) is 31.3. The van der Waals surface area contributed by atoms with Crippen LogP contribution in [0.15, 0.2) is 164 Å². The second-order valence-electron chi connectivity index (χ2n) is 14.5. The number of para-hydroxylation sites is 2. The number of benzene rings is 6. The molecule has 0 N–H and O–H groups in total. The minimum Gasteiger partial charge on any atom is -0.312 e. The topological polar surface area (TPSA) is 72.3 Å². The number of hydrogen-bond donors (Lipinski definition) is 0. The van der Waals surface area contributed by atoms with Crippen LogP contribution < -0.4 is 0 Å². The van der Waals surface area contributed by atoms with Gasteiger partial charge in [-0.1, -0.05) is 121 Å². The molecule has 7 aromatic carbocycles. The van der Waals surface area contributed by atoms with Crippen molar-refractivity contribution in [3.05, 3.63) is 193 Å². The Kier molecular flexibility index (Phi) is 7.81. The molecule has 0 atom stereocenters. The van der Waals surface area contributed by atoms with Gasteiger partial charge in [0.25, 0.3) is 0 Å². The third-order valence-corrected chi connectivity index (χ3v) is 11.1. The van der Waals surface area contributed by atoms with E-state index in [-0.39, 0.29) is 0 Å². The summed E-state index contributed by atoms with van der Waals surface area (Å²) in [5.74, 6) is 1.77. The lowest BCUT2D eigenvalue weighted by atomic mass is 9.99. The highest BCUT2D eigenvalue weighted by atomic mass is 15.0. The molecule has 0 bridgehead atoms. The Labute approximate surface area is 335 Å². The number of nitrogens with zero attached hydrogens (tertiary/aromatic N) is 6. The molecule has 0 fully saturated rings. The molecule has 11 rings (SSSR count). The predicted octanol–water partition coefficient (Wildman–Crippen LogP) is 12.0. The molecule has 0 saturated carbocycles. The van der Waals surface area contributed by atoms with Crippen LogP contribution in [0, 0.1) is 23.5 Å². The van der Waals surface area contributed by atoms with Gasteiger partial charge in [-0.25, -0.2) is 15.0 Å². The summed E-state index contributed by atoms with van der Waals surface area (Å²) in [6, 6.07) is 62.9. The summed E-state index contributed by atoms with van der Waals surface area (Å²) in [5.41, 5.74) is 12.9. The van der Waals surface area contributed by atoms with E-state index in [1.54, 1.807) is 6.07 Å². The first kappa shape index (κ1) is 33.3. The summed E-state index contributed by atoms with van der Waals surface area (Å²) < 4.78 is 4.81. The van der Waals surface area contributed by atoms with Crippen molar-refractivity contribution in [2.24, 2.45) is 0 Å². The molecule has 58 heavy (non-hydrogen) atoms. The second kappa shape index (κ2) is 13.6.